The molecule has 0 radical (unpaired) electrons. The van der Waals surface area contributed by atoms with Gasteiger partial charge in [0.2, 0.25) is 0 Å². The molecule has 2 heterocycles. The number of hydrazine groups is 1. The third-order valence-corrected chi connectivity index (χ3v) is 5.95. The predicted octanol–water partition coefficient (Wildman–Crippen LogP) is 3.87. The van der Waals surface area contributed by atoms with Gasteiger partial charge < -0.3 is 20.3 Å². The zero-order valence-corrected chi connectivity index (χ0v) is 20.2. The average molecular weight is 523 g/mol. The first-order valence-corrected chi connectivity index (χ1v) is 11.5. The molecule has 178 valence electrons. The summed E-state index contributed by atoms with van der Waals surface area (Å²) >= 11 is 18.0. The standard InChI is InChI=1S/C22H22Cl3N7O2/c23-14-2-1-3-16(10-14)31-6-8-32(9-7-31)22-20(26)21(27-13-28-22)30-29-19(33)12-34-18-5-4-15(24)11-17(18)25/h1-5,10-11,13H,6-9,12,26H2,(H,29,33)(H,27,28,30). The normalized spacial score (nSPS) is 13.5. The molecule has 0 unspecified atom stereocenters. The van der Waals surface area contributed by atoms with Crippen LogP contribution in [-0.2, 0) is 4.79 Å². The second-order valence-electron chi connectivity index (χ2n) is 7.45. The van der Waals surface area contributed by atoms with E-state index in [2.05, 4.69) is 30.6 Å². The van der Waals surface area contributed by atoms with Gasteiger partial charge in [0.25, 0.3) is 5.91 Å². The van der Waals surface area contributed by atoms with Crippen LogP contribution in [0.1, 0.15) is 0 Å². The monoisotopic (exact) mass is 521 g/mol. The quantitative estimate of drug-likeness (QED) is 0.401. The van der Waals surface area contributed by atoms with Crippen LogP contribution in [0.3, 0.4) is 0 Å². The highest BCUT2D eigenvalue weighted by atomic mass is 35.5. The van der Waals surface area contributed by atoms with Crippen molar-refractivity contribution in [1.29, 1.82) is 0 Å². The van der Waals surface area contributed by atoms with Crippen LogP contribution >= 0.6 is 34.8 Å². The fourth-order valence-electron chi connectivity index (χ4n) is 3.49. The van der Waals surface area contributed by atoms with Crippen molar-refractivity contribution < 1.29 is 9.53 Å². The van der Waals surface area contributed by atoms with Gasteiger partial charge in [-0.2, -0.15) is 0 Å². The van der Waals surface area contributed by atoms with E-state index in [0.29, 0.717) is 38.1 Å². The van der Waals surface area contributed by atoms with Crippen LogP contribution in [0.15, 0.2) is 48.8 Å². The lowest BCUT2D eigenvalue weighted by Gasteiger charge is -2.37. The molecule has 0 atom stereocenters. The number of nitrogen functional groups attached to an aromatic ring is 1. The third-order valence-electron chi connectivity index (χ3n) is 5.19. The molecule has 1 aliphatic heterocycles. The molecule has 4 rings (SSSR count). The van der Waals surface area contributed by atoms with Crippen LogP contribution in [0.4, 0.5) is 23.0 Å². The van der Waals surface area contributed by atoms with Gasteiger partial charge in [-0.3, -0.25) is 15.6 Å². The summed E-state index contributed by atoms with van der Waals surface area (Å²) in [6.07, 6.45) is 1.40. The lowest BCUT2D eigenvalue weighted by atomic mass is 10.2. The molecule has 1 fully saturated rings. The number of benzene rings is 2. The van der Waals surface area contributed by atoms with Crippen molar-refractivity contribution in [3.05, 3.63) is 63.9 Å². The highest BCUT2D eigenvalue weighted by Gasteiger charge is 2.22. The molecule has 12 heteroatoms. The maximum atomic E-state index is 12.2. The molecular formula is C22H22Cl3N7O2. The number of nitrogens with two attached hydrogens (primary N) is 1. The first kappa shape index (κ1) is 24.0. The van der Waals surface area contributed by atoms with E-state index in [1.165, 1.54) is 12.4 Å². The Bertz CT molecular complexity index is 1170. The topological polar surface area (TPSA) is 109 Å². The number of ether oxygens (including phenoxy) is 1. The van der Waals surface area contributed by atoms with Crippen LogP contribution < -0.4 is 31.1 Å². The number of aromatic nitrogens is 2. The minimum absolute atomic E-state index is 0.266. The van der Waals surface area contributed by atoms with E-state index in [1.807, 2.05) is 24.3 Å². The van der Waals surface area contributed by atoms with Crippen molar-refractivity contribution in [2.75, 3.05) is 53.7 Å². The van der Waals surface area contributed by atoms with Crippen molar-refractivity contribution in [3.8, 4) is 5.75 Å². The van der Waals surface area contributed by atoms with Crippen LogP contribution in [0, 0.1) is 0 Å². The lowest BCUT2D eigenvalue weighted by Crippen LogP contribution is -2.47. The number of nitrogens with zero attached hydrogens (tertiary/aromatic N) is 4. The molecule has 3 aromatic rings. The Hall–Kier alpha value is -3.14. The third kappa shape index (κ3) is 5.85. The van der Waals surface area contributed by atoms with Gasteiger partial charge in [-0.25, -0.2) is 9.97 Å². The zero-order chi connectivity index (χ0) is 24.1. The summed E-state index contributed by atoms with van der Waals surface area (Å²) in [7, 11) is 0. The Morgan fingerprint density at radius 1 is 1.00 bits per heavy atom. The first-order chi connectivity index (χ1) is 16.4. The molecule has 0 saturated carbocycles. The number of amides is 1. The number of carbonyl (C=O) groups excluding carboxylic acids is 1. The van der Waals surface area contributed by atoms with E-state index in [0.717, 1.165) is 31.9 Å². The number of rotatable bonds is 7. The first-order valence-electron chi connectivity index (χ1n) is 10.4. The smallest absolute Gasteiger partial charge is 0.276 e. The van der Waals surface area contributed by atoms with Crippen molar-refractivity contribution in [2.45, 2.75) is 0 Å². The van der Waals surface area contributed by atoms with Crippen molar-refractivity contribution >= 4 is 63.7 Å². The van der Waals surface area contributed by atoms with Crippen LogP contribution in [0.5, 0.6) is 5.75 Å². The Balaban J connectivity index is 1.32. The lowest BCUT2D eigenvalue weighted by molar-refractivity contribution is -0.122. The van der Waals surface area contributed by atoms with Crippen LogP contribution in [-0.4, -0.2) is 48.7 Å². The van der Waals surface area contributed by atoms with Gasteiger partial charge in [0.15, 0.2) is 18.2 Å². The van der Waals surface area contributed by atoms with Crippen LogP contribution in [0.25, 0.3) is 0 Å². The van der Waals surface area contributed by atoms with Crippen LogP contribution in [0.2, 0.25) is 15.1 Å². The molecule has 0 bridgehead atoms. The summed E-state index contributed by atoms with van der Waals surface area (Å²) in [5.74, 6) is 0.796. The van der Waals surface area contributed by atoms with Gasteiger partial charge in [-0.15, -0.1) is 0 Å². The van der Waals surface area contributed by atoms with Gasteiger partial charge in [0, 0.05) is 41.9 Å². The second kappa shape index (κ2) is 10.9. The summed E-state index contributed by atoms with van der Waals surface area (Å²) < 4.78 is 5.42. The van der Waals surface area contributed by atoms with Gasteiger partial charge in [-0.1, -0.05) is 40.9 Å². The molecule has 1 amide bonds. The Morgan fingerprint density at radius 3 is 2.47 bits per heavy atom. The van der Waals surface area contributed by atoms with E-state index in [1.54, 1.807) is 12.1 Å². The molecular weight excluding hydrogens is 501 g/mol. The summed E-state index contributed by atoms with van der Waals surface area (Å²) in [4.78, 5) is 25.0. The Labute approximate surface area is 211 Å². The van der Waals surface area contributed by atoms with Gasteiger partial charge >= 0.3 is 0 Å². The van der Waals surface area contributed by atoms with Crippen molar-refractivity contribution in [2.24, 2.45) is 0 Å². The van der Waals surface area contributed by atoms with E-state index < -0.39 is 5.91 Å². The number of anilines is 4. The summed E-state index contributed by atoms with van der Waals surface area (Å²) in [6.45, 7) is 2.74. The van der Waals surface area contributed by atoms with E-state index in [9.17, 15) is 4.79 Å². The maximum absolute atomic E-state index is 12.2. The molecule has 4 N–H and O–H groups in total. The zero-order valence-electron chi connectivity index (χ0n) is 18.0. The van der Waals surface area contributed by atoms with Crippen molar-refractivity contribution in [1.82, 2.24) is 15.4 Å². The second-order valence-corrected chi connectivity index (χ2v) is 8.73. The minimum atomic E-state index is -0.444. The molecule has 1 saturated heterocycles. The largest absolute Gasteiger partial charge is 0.482 e. The van der Waals surface area contributed by atoms with E-state index in [-0.39, 0.29) is 6.61 Å². The van der Waals surface area contributed by atoms with Gasteiger partial charge in [-0.05, 0) is 36.4 Å². The Morgan fingerprint density at radius 2 is 1.74 bits per heavy atom. The molecule has 1 aliphatic rings. The molecule has 34 heavy (non-hydrogen) atoms. The molecule has 0 aliphatic carbocycles. The molecule has 1 aromatic heterocycles. The highest BCUT2D eigenvalue weighted by Crippen LogP contribution is 2.29. The average Bonchev–Trinajstić information content (AvgIpc) is 2.83. The summed E-state index contributed by atoms with van der Waals surface area (Å²) in [5.41, 5.74) is 12.9. The van der Waals surface area contributed by atoms with Gasteiger partial charge in [0.1, 0.15) is 17.8 Å². The van der Waals surface area contributed by atoms with E-state index >= 15 is 0 Å². The highest BCUT2D eigenvalue weighted by molar-refractivity contribution is 6.35. The molecule has 9 nitrogen and oxygen atoms in total. The minimum Gasteiger partial charge on any atom is -0.482 e. The van der Waals surface area contributed by atoms with Crippen molar-refractivity contribution in [3.63, 3.8) is 0 Å². The van der Waals surface area contributed by atoms with E-state index in [4.69, 9.17) is 45.3 Å². The molecule has 2 aromatic carbocycles. The Kier molecular flexibility index (Phi) is 7.66. The predicted molar refractivity (Wildman–Crippen MR) is 136 cm³/mol. The SMILES string of the molecule is Nc1c(NNC(=O)COc2ccc(Cl)cc2Cl)ncnc1N1CCN(c2cccc(Cl)c2)CC1. The fourth-order valence-corrected chi connectivity index (χ4v) is 4.14. The number of nitrogens with one attached hydrogen (secondary N) is 2. The maximum Gasteiger partial charge on any atom is 0.276 e. The number of hydrogen-bond acceptors (Lipinski definition) is 8. The number of carbonyl (C=O) groups is 1. The number of hydrogen-bond donors (Lipinski definition) is 3. The summed E-state index contributed by atoms with van der Waals surface area (Å²) in [5, 5.41) is 1.50. The number of piperazine rings is 1. The summed E-state index contributed by atoms with van der Waals surface area (Å²) in [6, 6.07) is 12.5. The van der Waals surface area contributed by atoms with Gasteiger partial charge in [0.05, 0.1) is 5.02 Å². The number of halogens is 3. The fraction of sp³-hybridized carbons (Fsp3) is 0.227. The molecule has 0 spiro atoms.